The Morgan fingerprint density at radius 2 is 1.43 bits per heavy atom. The van der Waals surface area contributed by atoms with Crippen molar-refractivity contribution in [2.45, 2.75) is 46.6 Å². The van der Waals surface area contributed by atoms with Gasteiger partial charge in [-0.15, -0.1) is 0 Å². The summed E-state index contributed by atoms with van der Waals surface area (Å²) in [5, 5.41) is 0. The molecule has 0 N–H and O–H groups in total. The first kappa shape index (κ1) is 28.2. The van der Waals surface area contributed by atoms with Gasteiger partial charge in [-0.2, -0.15) is 0 Å². The summed E-state index contributed by atoms with van der Waals surface area (Å²) in [6.45, 7) is 10.2. The fourth-order valence-electron chi connectivity index (χ4n) is 4.10. The average Bonchev–Trinajstić information content (AvgIpc) is 2.85. The van der Waals surface area contributed by atoms with Crippen LogP contribution in [0.1, 0.15) is 64.0 Å². The molecule has 0 amide bonds. The van der Waals surface area contributed by atoms with E-state index in [1.54, 1.807) is 26.0 Å². The molecule has 0 aliphatic carbocycles. The highest BCUT2D eigenvalue weighted by Gasteiger charge is 2.28. The smallest absolute Gasteiger partial charge is 0.340 e. The van der Waals surface area contributed by atoms with E-state index in [4.69, 9.17) is 18.9 Å². The summed E-state index contributed by atoms with van der Waals surface area (Å²) in [7, 11) is 4.09. The molecule has 37 heavy (non-hydrogen) atoms. The summed E-state index contributed by atoms with van der Waals surface area (Å²) in [5.41, 5.74) is 4.42. The van der Waals surface area contributed by atoms with Crippen molar-refractivity contribution in [3.8, 4) is 22.6 Å². The van der Waals surface area contributed by atoms with Crippen molar-refractivity contribution in [3.05, 3.63) is 74.5 Å². The van der Waals surface area contributed by atoms with Gasteiger partial charge in [-0.1, -0.05) is 45.0 Å². The van der Waals surface area contributed by atoms with Gasteiger partial charge in [0.25, 0.3) is 0 Å². The first-order chi connectivity index (χ1) is 17.4. The number of carbonyl (C=O) groups is 2. The molecule has 0 aliphatic heterocycles. The number of aromatic nitrogens is 1. The van der Waals surface area contributed by atoms with Gasteiger partial charge in [0, 0.05) is 5.56 Å². The minimum Gasteiger partial charge on any atom is -0.493 e. The first-order valence-electron chi connectivity index (χ1n) is 11.7. The van der Waals surface area contributed by atoms with Crippen LogP contribution in [0.15, 0.2) is 40.9 Å². The van der Waals surface area contributed by atoms with Gasteiger partial charge in [-0.3, -0.25) is 4.98 Å². The number of halogens is 1. The fraction of sp³-hybridized carbons (Fsp3) is 0.345. The van der Waals surface area contributed by atoms with Crippen molar-refractivity contribution in [1.29, 1.82) is 0 Å². The molecule has 1 aromatic heterocycles. The summed E-state index contributed by atoms with van der Waals surface area (Å²) >= 11 is 3.59. The van der Waals surface area contributed by atoms with E-state index in [9.17, 15) is 9.59 Å². The van der Waals surface area contributed by atoms with Crippen LogP contribution in [-0.4, -0.2) is 38.3 Å². The highest BCUT2D eigenvalue weighted by Crippen LogP contribution is 2.42. The molecule has 0 unspecified atom stereocenters. The van der Waals surface area contributed by atoms with E-state index < -0.39 is 11.9 Å². The van der Waals surface area contributed by atoms with E-state index in [0.717, 1.165) is 5.56 Å². The normalized spacial score (nSPS) is 11.2. The van der Waals surface area contributed by atoms with Crippen LogP contribution in [0.5, 0.6) is 11.5 Å². The Balaban J connectivity index is 2.10. The molecule has 0 bridgehead atoms. The number of hydrogen-bond acceptors (Lipinski definition) is 7. The largest absolute Gasteiger partial charge is 0.493 e. The van der Waals surface area contributed by atoms with Crippen molar-refractivity contribution < 1.29 is 28.5 Å². The molecule has 3 aromatic rings. The van der Waals surface area contributed by atoms with E-state index in [0.29, 0.717) is 45.1 Å². The maximum absolute atomic E-state index is 12.8. The number of rotatable bonds is 7. The molecule has 7 nitrogen and oxygen atoms in total. The molecule has 0 saturated carbocycles. The van der Waals surface area contributed by atoms with Crippen LogP contribution < -0.4 is 9.47 Å². The van der Waals surface area contributed by atoms with Crippen molar-refractivity contribution in [2.75, 3.05) is 21.3 Å². The lowest BCUT2D eigenvalue weighted by atomic mass is 9.87. The van der Waals surface area contributed by atoms with Gasteiger partial charge in [-0.25, -0.2) is 9.59 Å². The second-order valence-corrected chi connectivity index (χ2v) is 10.5. The predicted octanol–water partition coefficient (Wildman–Crippen LogP) is 6.59. The van der Waals surface area contributed by atoms with E-state index >= 15 is 0 Å². The highest BCUT2D eigenvalue weighted by molar-refractivity contribution is 9.10. The SMILES string of the molecule is COC(=O)c1c(C)nc(C)c(C(=O)OC)c1-c1cc(Br)c(OCc2ccc(C(C)(C)C)cc2)c(OC)c1. The minimum atomic E-state index is -0.612. The van der Waals surface area contributed by atoms with Crippen LogP contribution >= 0.6 is 15.9 Å². The Morgan fingerprint density at radius 3 is 1.89 bits per heavy atom. The molecule has 0 aliphatic rings. The summed E-state index contributed by atoms with van der Waals surface area (Å²) in [6, 6.07) is 11.8. The van der Waals surface area contributed by atoms with Gasteiger partial charge in [0.05, 0.1) is 48.3 Å². The summed E-state index contributed by atoms with van der Waals surface area (Å²) in [4.78, 5) is 29.9. The number of esters is 2. The van der Waals surface area contributed by atoms with Crippen molar-refractivity contribution in [3.63, 3.8) is 0 Å². The first-order valence-corrected chi connectivity index (χ1v) is 12.5. The molecule has 8 heteroatoms. The van der Waals surface area contributed by atoms with Gasteiger partial charge in [-0.05, 0) is 64.0 Å². The Kier molecular flexibility index (Phi) is 8.64. The lowest BCUT2D eigenvalue weighted by Gasteiger charge is -2.20. The molecule has 0 saturated heterocycles. The van der Waals surface area contributed by atoms with E-state index in [1.807, 2.05) is 12.1 Å². The van der Waals surface area contributed by atoms with E-state index in [-0.39, 0.29) is 16.5 Å². The number of ether oxygens (including phenoxy) is 4. The molecule has 1 heterocycles. The van der Waals surface area contributed by atoms with Gasteiger partial charge in [0.1, 0.15) is 6.61 Å². The predicted molar refractivity (Wildman–Crippen MR) is 146 cm³/mol. The number of methoxy groups -OCH3 is 3. The quantitative estimate of drug-likeness (QED) is 0.297. The fourth-order valence-corrected chi connectivity index (χ4v) is 4.66. The van der Waals surface area contributed by atoms with Crippen LogP contribution in [0, 0.1) is 13.8 Å². The molecule has 0 fully saturated rings. The second-order valence-electron chi connectivity index (χ2n) is 9.62. The summed E-state index contributed by atoms with van der Waals surface area (Å²) in [6.07, 6.45) is 0. The Bertz CT molecular complexity index is 1290. The monoisotopic (exact) mass is 569 g/mol. The number of nitrogens with zero attached hydrogens (tertiary/aromatic N) is 1. The number of benzene rings is 2. The highest BCUT2D eigenvalue weighted by atomic mass is 79.9. The van der Waals surface area contributed by atoms with Crippen LogP contribution in [-0.2, 0) is 21.5 Å². The topological polar surface area (TPSA) is 84.0 Å². The van der Waals surface area contributed by atoms with Crippen LogP contribution in [0.3, 0.4) is 0 Å². The van der Waals surface area contributed by atoms with Gasteiger partial charge in [0.15, 0.2) is 11.5 Å². The van der Waals surface area contributed by atoms with Gasteiger partial charge >= 0.3 is 11.9 Å². The third kappa shape index (κ3) is 5.96. The zero-order valence-electron chi connectivity index (χ0n) is 22.4. The zero-order chi connectivity index (χ0) is 27.5. The lowest BCUT2D eigenvalue weighted by molar-refractivity contribution is 0.0599. The number of carbonyl (C=O) groups excluding carboxylic acids is 2. The Morgan fingerprint density at radius 1 is 0.892 bits per heavy atom. The standard InChI is InChI=1S/C29H32BrNO6/c1-16-23(27(32)35-7)25(24(17(2)31-16)28(33)36-8)19-13-21(30)26(22(14-19)34-6)37-15-18-9-11-20(12-10-18)29(3,4)5/h9-14H,15H2,1-8H3. The summed E-state index contributed by atoms with van der Waals surface area (Å²) in [5.74, 6) is -0.305. The van der Waals surface area contributed by atoms with Gasteiger partial charge < -0.3 is 18.9 Å². The Hall–Kier alpha value is -3.39. The number of hydrogen-bond donors (Lipinski definition) is 0. The van der Waals surface area contributed by atoms with Crippen molar-refractivity contribution in [2.24, 2.45) is 0 Å². The van der Waals surface area contributed by atoms with Crippen molar-refractivity contribution >= 4 is 27.9 Å². The molecular formula is C29H32BrNO6. The molecule has 3 rings (SSSR count). The molecule has 0 spiro atoms. The van der Waals surface area contributed by atoms with E-state index in [2.05, 4.69) is 53.8 Å². The summed E-state index contributed by atoms with van der Waals surface area (Å²) < 4.78 is 22.4. The molecule has 2 aromatic carbocycles. The lowest BCUT2D eigenvalue weighted by Crippen LogP contribution is -2.16. The molecule has 0 atom stereocenters. The van der Waals surface area contributed by atoms with Crippen LogP contribution in [0.4, 0.5) is 0 Å². The van der Waals surface area contributed by atoms with Crippen LogP contribution in [0.2, 0.25) is 0 Å². The molecule has 0 radical (unpaired) electrons. The van der Waals surface area contributed by atoms with Crippen LogP contribution in [0.25, 0.3) is 11.1 Å². The number of pyridine rings is 1. The zero-order valence-corrected chi connectivity index (χ0v) is 24.0. The average molecular weight is 570 g/mol. The Labute approximate surface area is 226 Å². The third-order valence-electron chi connectivity index (χ3n) is 6.06. The van der Waals surface area contributed by atoms with Crippen molar-refractivity contribution in [1.82, 2.24) is 4.98 Å². The molecular weight excluding hydrogens is 538 g/mol. The maximum Gasteiger partial charge on any atom is 0.340 e. The second kappa shape index (κ2) is 11.3. The minimum absolute atomic E-state index is 0.0667. The number of aryl methyl sites for hydroxylation is 2. The maximum atomic E-state index is 12.8. The molecule has 196 valence electrons. The van der Waals surface area contributed by atoms with E-state index in [1.165, 1.54) is 26.9 Å². The third-order valence-corrected chi connectivity index (χ3v) is 6.65. The van der Waals surface area contributed by atoms with Gasteiger partial charge in [0.2, 0.25) is 0 Å².